The summed E-state index contributed by atoms with van der Waals surface area (Å²) in [4.78, 5) is 22.7. The molecule has 0 aliphatic rings. The molecule has 3 rings (SSSR count). The van der Waals surface area contributed by atoms with Crippen LogP contribution in [-0.2, 0) is 10.0 Å². The van der Waals surface area contributed by atoms with Crippen molar-refractivity contribution in [3.8, 4) is 0 Å². The highest BCUT2D eigenvalue weighted by molar-refractivity contribution is 7.92. The van der Waals surface area contributed by atoms with Gasteiger partial charge in [-0.2, -0.15) is 0 Å². The van der Waals surface area contributed by atoms with Crippen molar-refractivity contribution >= 4 is 56.2 Å². The molecular formula is C20H15Cl2N3O5S. The van der Waals surface area contributed by atoms with E-state index in [0.717, 1.165) is 0 Å². The van der Waals surface area contributed by atoms with E-state index in [4.69, 9.17) is 23.2 Å². The molecule has 0 unspecified atom stereocenters. The molecule has 11 heteroatoms. The van der Waals surface area contributed by atoms with Crippen molar-refractivity contribution in [2.75, 3.05) is 10.0 Å². The fourth-order valence-electron chi connectivity index (χ4n) is 2.75. The average molecular weight is 480 g/mol. The number of halogens is 2. The second-order valence-corrected chi connectivity index (χ2v) is 9.06. The lowest BCUT2D eigenvalue weighted by Crippen LogP contribution is -2.14. The summed E-state index contributed by atoms with van der Waals surface area (Å²) in [6, 6.07) is 13.8. The molecule has 0 aliphatic heterocycles. The number of benzene rings is 3. The number of nitrogens with one attached hydrogen (secondary N) is 2. The Morgan fingerprint density at radius 1 is 0.935 bits per heavy atom. The van der Waals surface area contributed by atoms with E-state index < -0.39 is 20.9 Å². The van der Waals surface area contributed by atoms with Gasteiger partial charge in [-0.3, -0.25) is 19.6 Å². The van der Waals surface area contributed by atoms with E-state index in [0.29, 0.717) is 11.3 Å². The molecule has 3 aromatic carbocycles. The number of anilines is 2. The van der Waals surface area contributed by atoms with Crippen LogP contribution in [0.4, 0.5) is 17.1 Å². The summed E-state index contributed by atoms with van der Waals surface area (Å²) in [5.41, 5.74) is 1.07. The summed E-state index contributed by atoms with van der Waals surface area (Å²) in [6.45, 7) is 1.54. The lowest BCUT2D eigenvalue weighted by molar-refractivity contribution is -0.385. The minimum atomic E-state index is -3.91. The summed E-state index contributed by atoms with van der Waals surface area (Å²) in [7, 11) is -3.91. The number of nitrogens with zero attached hydrogens (tertiary/aromatic N) is 1. The van der Waals surface area contributed by atoms with Crippen molar-refractivity contribution < 1.29 is 18.1 Å². The van der Waals surface area contributed by atoms with Crippen LogP contribution in [-0.4, -0.2) is 19.2 Å². The standard InChI is InChI=1S/C20H15Cl2N3O5S/c1-12-8-13(2-7-19(12)25(27)28)20(26)23-16-3-5-18(6-4-16)31(29,30)24-17-10-14(21)9-15(22)11-17/h2-11,24H,1H3,(H,23,26). The predicted molar refractivity (Wildman–Crippen MR) is 119 cm³/mol. The number of amides is 1. The van der Waals surface area contributed by atoms with Gasteiger partial charge in [-0.25, -0.2) is 8.42 Å². The van der Waals surface area contributed by atoms with Crippen LogP contribution >= 0.6 is 23.2 Å². The first kappa shape index (κ1) is 22.5. The molecule has 3 aromatic rings. The second kappa shape index (κ2) is 8.93. The maximum atomic E-state index is 12.6. The Kier molecular flexibility index (Phi) is 6.49. The number of aryl methyl sites for hydroxylation is 1. The van der Waals surface area contributed by atoms with E-state index in [-0.39, 0.29) is 31.9 Å². The summed E-state index contributed by atoms with van der Waals surface area (Å²) in [5, 5.41) is 14.1. The molecular weight excluding hydrogens is 465 g/mol. The second-order valence-electron chi connectivity index (χ2n) is 6.50. The SMILES string of the molecule is Cc1cc(C(=O)Nc2ccc(S(=O)(=O)Nc3cc(Cl)cc(Cl)c3)cc2)ccc1[N+](=O)[O-]. The maximum absolute atomic E-state index is 12.6. The van der Waals surface area contributed by atoms with Crippen LogP contribution in [0.25, 0.3) is 0 Å². The van der Waals surface area contributed by atoms with E-state index in [2.05, 4.69) is 10.0 Å². The van der Waals surface area contributed by atoms with Gasteiger partial charge in [-0.05, 0) is 61.5 Å². The first-order chi connectivity index (χ1) is 14.5. The third-order valence-electron chi connectivity index (χ3n) is 4.19. The van der Waals surface area contributed by atoms with Gasteiger partial charge in [0.2, 0.25) is 0 Å². The maximum Gasteiger partial charge on any atom is 0.272 e. The molecule has 0 spiro atoms. The molecule has 1 amide bonds. The first-order valence-corrected chi connectivity index (χ1v) is 10.9. The quantitative estimate of drug-likeness (QED) is 0.368. The van der Waals surface area contributed by atoms with E-state index >= 15 is 0 Å². The van der Waals surface area contributed by atoms with Crippen LogP contribution in [0.2, 0.25) is 10.0 Å². The average Bonchev–Trinajstić information content (AvgIpc) is 2.66. The normalized spacial score (nSPS) is 11.1. The molecule has 160 valence electrons. The minimum absolute atomic E-state index is 0.0345. The molecule has 0 aliphatic carbocycles. The van der Waals surface area contributed by atoms with Gasteiger partial charge in [0.1, 0.15) is 0 Å². The number of hydrogen-bond acceptors (Lipinski definition) is 5. The summed E-state index contributed by atoms with van der Waals surface area (Å²) >= 11 is 11.8. The number of nitro benzene ring substituents is 1. The largest absolute Gasteiger partial charge is 0.322 e. The molecule has 0 atom stereocenters. The van der Waals surface area contributed by atoms with Gasteiger partial charge in [-0.15, -0.1) is 0 Å². The highest BCUT2D eigenvalue weighted by atomic mass is 35.5. The summed E-state index contributed by atoms with van der Waals surface area (Å²) < 4.78 is 27.5. The molecule has 0 fully saturated rings. The van der Waals surface area contributed by atoms with Gasteiger partial charge in [0.15, 0.2) is 0 Å². The van der Waals surface area contributed by atoms with Crippen LogP contribution in [0.5, 0.6) is 0 Å². The smallest absolute Gasteiger partial charge is 0.272 e. The molecule has 0 bridgehead atoms. The first-order valence-electron chi connectivity index (χ1n) is 8.70. The van der Waals surface area contributed by atoms with Gasteiger partial charge in [0.05, 0.1) is 15.5 Å². The van der Waals surface area contributed by atoms with Gasteiger partial charge in [0, 0.05) is 32.9 Å². The van der Waals surface area contributed by atoms with Crippen molar-refractivity contribution in [2.24, 2.45) is 0 Å². The molecule has 31 heavy (non-hydrogen) atoms. The van der Waals surface area contributed by atoms with Crippen molar-refractivity contribution in [2.45, 2.75) is 11.8 Å². The van der Waals surface area contributed by atoms with Crippen molar-refractivity contribution in [3.05, 3.63) is 92.0 Å². The van der Waals surface area contributed by atoms with Crippen LogP contribution in [0, 0.1) is 17.0 Å². The summed E-state index contributed by atoms with van der Waals surface area (Å²) in [6.07, 6.45) is 0. The molecule has 0 heterocycles. The Hall–Kier alpha value is -3.14. The van der Waals surface area contributed by atoms with E-state index in [1.807, 2.05) is 0 Å². The fourth-order valence-corrected chi connectivity index (χ4v) is 4.32. The molecule has 0 saturated carbocycles. The zero-order valence-electron chi connectivity index (χ0n) is 15.9. The predicted octanol–water partition coefficient (Wildman–Crippen LogP) is 5.26. The zero-order valence-corrected chi connectivity index (χ0v) is 18.3. The Bertz CT molecular complexity index is 1260. The molecule has 0 radical (unpaired) electrons. The van der Waals surface area contributed by atoms with E-state index in [1.54, 1.807) is 0 Å². The topological polar surface area (TPSA) is 118 Å². The van der Waals surface area contributed by atoms with Gasteiger partial charge in [0.25, 0.3) is 21.6 Å². The van der Waals surface area contributed by atoms with E-state index in [9.17, 15) is 23.3 Å². The number of sulfonamides is 1. The third kappa shape index (κ3) is 5.52. The number of nitro groups is 1. The van der Waals surface area contributed by atoms with Crippen LogP contribution in [0.3, 0.4) is 0 Å². The lowest BCUT2D eigenvalue weighted by Gasteiger charge is -2.10. The number of carbonyl (C=O) groups excluding carboxylic acids is 1. The number of carbonyl (C=O) groups is 1. The number of hydrogen-bond donors (Lipinski definition) is 2. The van der Waals surface area contributed by atoms with Crippen LogP contribution in [0.1, 0.15) is 15.9 Å². The fraction of sp³-hybridized carbons (Fsp3) is 0.0500. The molecule has 2 N–H and O–H groups in total. The van der Waals surface area contributed by atoms with Crippen LogP contribution < -0.4 is 10.0 Å². The van der Waals surface area contributed by atoms with E-state index in [1.165, 1.54) is 67.6 Å². The third-order valence-corrected chi connectivity index (χ3v) is 6.03. The minimum Gasteiger partial charge on any atom is -0.322 e. The van der Waals surface area contributed by atoms with Gasteiger partial charge >= 0.3 is 0 Å². The Morgan fingerprint density at radius 3 is 2.10 bits per heavy atom. The summed E-state index contributed by atoms with van der Waals surface area (Å²) in [5.74, 6) is -0.486. The Labute approximate surface area is 188 Å². The van der Waals surface area contributed by atoms with Gasteiger partial charge < -0.3 is 5.32 Å². The highest BCUT2D eigenvalue weighted by Crippen LogP contribution is 2.25. The Morgan fingerprint density at radius 2 is 1.55 bits per heavy atom. The van der Waals surface area contributed by atoms with Crippen LogP contribution in [0.15, 0.2) is 65.6 Å². The zero-order chi connectivity index (χ0) is 22.8. The Balaban J connectivity index is 1.74. The van der Waals surface area contributed by atoms with Gasteiger partial charge in [-0.1, -0.05) is 23.2 Å². The molecule has 8 nitrogen and oxygen atoms in total. The highest BCUT2D eigenvalue weighted by Gasteiger charge is 2.16. The molecule has 0 saturated heterocycles. The van der Waals surface area contributed by atoms with Crippen molar-refractivity contribution in [1.29, 1.82) is 0 Å². The number of rotatable bonds is 6. The molecule has 0 aromatic heterocycles. The lowest BCUT2D eigenvalue weighted by atomic mass is 10.1. The van der Waals surface area contributed by atoms with Crippen molar-refractivity contribution in [3.63, 3.8) is 0 Å². The van der Waals surface area contributed by atoms with Crippen molar-refractivity contribution in [1.82, 2.24) is 0 Å². The monoisotopic (exact) mass is 479 g/mol.